The minimum Gasteiger partial charge on any atom is -0.253 e. The summed E-state index contributed by atoms with van der Waals surface area (Å²) in [6, 6.07) is 8.20. The van der Waals surface area contributed by atoms with Gasteiger partial charge >= 0.3 is 0 Å². The first-order valence-corrected chi connectivity index (χ1v) is 5.90. The molecule has 2 aromatic rings. The molecule has 0 unspecified atom stereocenters. The number of nitrogens with one attached hydrogen (secondary N) is 1. The summed E-state index contributed by atoms with van der Waals surface area (Å²) in [5, 5.41) is 6.94. The Morgan fingerprint density at radius 3 is 2.62 bits per heavy atom. The van der Waals surface area contributed by atoms with Crippen molar-refractivity contribution >= 4 is 22.7 Å². The van der Waals surface area contributed by atoms with Crippen LogP contribution in [0.25, 0.3) is 0 Å². The minimum absolute atomic E-state index is 0.820. The van der Waals surface area contributed by atoms with Crippen LogP contribution in [0.5, 0.6) is 0 Å². The molecule has 0 bridgehead atoms. The second-order valence-electron chi connectivity index (χ2n) is 3.57. The van der Waals surface area contributed by atoms with Crippen molar-refractivity contribution in [3.05, 3.63) is 46.5 Å². The predicted molar refractivity (Wildman–Crippen MR) is 69.2 cm³/mol. The quantitative estimate of drug-likeness (QED) is 0.650. The number of hydrogen-bond acceptors (Lipinski definition) is 4. The summed E-state index contributed by atoms with van der Waals surface area (Å²) < 4.78 is 0. The molecule has 0 spiro atoms. The van der Waals surface area contributed by atoms with Crippen molar-refractivity contribution in [3.63, 3.8) is 0 Å². The number of aromatic nitrogens is 1. The average molecular weight is 231 g/mol. The minimum atomic E-state index is 0.820. The first-order chi connectivity index (χ1) is 7.74. The van der Waals surface area contributed by atoms with Gasteiger partial charge in [0.05, 0.1) is 11.9 Å². The van der Waals surface area contributed by atoms with Crippen molar-refractivity contribution in [1.29, 1.82) is 0 Å². The highest BCUT2D eigenvalue weighted by Crippen LogP contribution is 2.13. The molecule has 0 amide bonds. The predicted octanol–water partition coefficient (Wildman–Crippen LogP) is 3.21. The summed E-state index contributed by atoms with van der Waals surface area (Å²) in [6.07, 6.45) is 1.79. The van der Waals surface area contributed by atoms with Gasteiger partial charge in [0.25, 0.3) is 0 Å². The maximum Gasteiger partial charge on any atom is 0.203 e. The lowest BCUT2D eigenvalue weighted by atomic mass is 10.2. The van der Waals surface area contributed by atoms with Gasteiger partial charge in [-0.15, -0.1) is 11.3 Å². The molecule has 0 radical (unpaired) electrons. The molecule has 82 valence electrons. The van der Waals surface area contributed by atoms with Crippen molar-refractivity contribution < 1.29 is 0 Å². The molecule has 0 aliphatic heterocycles. The summed E-state index contributed by atoms with van der Waals surface area (Å²) in [7, 11) is 0. The topological polar surface area (TPSA) is 37.3 Å². The SMILES string of the molecule is Cc1ccc(C=NNc2nc(C)cs2)cc1. The Morgan fingerprint density at radius 2 is 2.00 bits per heavy atom. The number of benzene rings is 1. The van der Waals surface area contributed by atoms with Gasteiger partial charge in [-0.25, -0.2) is 4.98 Å². The summed E-state index contributed by atoms with van der Waals surface area (Å²) in [6.45, 7) is 4.03. The van der Waals surface area contributed by atoms with Crippen LogP contribution in [-0.2, 0) is 0 Å². The standard InChI is InChI=1S/C12H13N3S/c1-9-3-5-11(6-4-9)7-13-15-12-14-10(2)8-16-12/h3-8H,1-2H3,(H,14,15). The van der Waals surface area contributed by atoms with E-state index in [-0.39, 0.29) is 0 Å². The van der Waals surface area contributed by atoms with E-state index in [1.807, 2.05) is 24.4 Å². The molecule has 1 heterocycles. The molecule has 0 atom stereocenters. The van der Waals surface area contributed by atoms with Gasteiger partial charge in [-0.2, -0.15) is 5.10 Å². The van der Waals surface area contributed by atoms with E-state index >= 15 is 0 Å². The van der Waals surface area contributed by atoms with E-state index < -0.39 is 0 Å². The molecule has 3 nitrogen and oxygen atoms in total. The van der Waals surface area contributed by atoms with Crippen LogP contribution in [0.2, 0.25) is 0 Å². The highest BCUT2D eigenvalue weighted by molar-refractivity contribution is 7.13. The smallest absolute Gasteiger partial charge is 0.203 e. The summed E-state index contributed by atoms with van der Waals surface area (Å²) >= 11 is 1.55. The van der Waals surface area contributed by atoms with Crippen LogP contribution in [0.4, 0.5) is 5.13 Å². The average Bonchev–Trinajstić information content (AvgIpc) is 2.67. The van der Waals surface area contributed by atoms with Gasteiger partial charge < -0.3 is 0 Å². The Morgan fingerprint density at radius 1 is 1.25 bits per heavy atom. The lowest BCUT2D eigenvalue weighted by Gasteiger charge is -1.95. The molecule has 0 saturated heterocycles. The molecular weight excluding hydrogens is 218 g/mol. The van der Waals surface area contributed by atoms with Crippen molar-refractivity contribution in [2.45, 2.75) is 13.8 Å². The van der Waals surface area contributed by atoms with E-state index in [0.29, 0.717) is 0 Å². The highest BCUT2D eigenvalue weighted by Gasteiger charge is 1.94. The monoisotopic (exact) mass is 231 g/mol. The van der Waals surface area contributed by atoms with E-state index in [1.165, 1.54) is 5.56 Å². The number of aryl methyl sites for hydroxylation is 2. The number of thiazole rings is 1. The van der Waals surface area contributed by atoms with Gasteiger partial charge in [-0.3, -0.25) is 5.43 Å². The summed E-state index contributed by atoms with van der Waals surface area (Å²) in [4.78, 5) is 4.25. The van der Waals surface area contributed by atoms with Gasteiger partial charge in [0.15, 0.2) is 0 Å². The fraction of sp³-hybridized carbons (Fsp3) is 0.167. The molecule has 0 saturated carbocycles. The van der Waals surface area contributed by atoms with Gasteiger partial charge in [-0.05, 0) is 19.4 Å². The van der Waals surface area contributed by atoms with Crippen LogP contribution in [0.15, 0.2) is 34.7 Å². The van der Waals surface area contributed by atoms with Crippen molar-refractivity contribution in [2.75, 3.05) is 5.43 Å². The van der Waals surface area contributed by atoms with Crippen LogP contribution < -0.4 is 5.43 Å². The third-order valence-corrected chi connectivity index (χ3v) is 2.93. The Balaban J connectivity index is 1.97. The molecule has 0 aliphatic rings. The van der Waals surface area contributed by atoms with Crippen LogP contribution in [0.1, 0.15) is 16.8 Å². The second kappa shape index (κ2) is 4.90. The molecule has 1 aromatic heterocycles. The lowest BCUT2D eigenvalue weighted by Crippen LogP contribution is -1.90. The first kappa shape index (κ1) is 10.8. The lowest BCUT2D eigenvalue weighted by molar-refractivity contribution is 1.22. The van der Waals surface area contributed by atoms with Crippen molar-refractivity contribution in [3.8, 4) is 0 Å². The number of nitrogens with zero attached hydrogens (tertiary/aromatic N) is 2. The van der Waals surface area contributed by atoms with Crippen LogP contribution in [0.3, 0.4) is 0 Å². The molecule has 1 aromatic carbocycles. The fourth-order valence-corrected chi connectivity index (χ4v) is 1.86. The Labute approximate surface area is 98.9 Å². The molecule has 4 heteroatoms. The van der Waals surface area contributed by atoms with Gasteiger partial charge in [0.2, 0.25) is 5.13 Å². The van der Waals surface area contributed by atoms with Gasteiger partial charge in [0, 0.05) is 5.38 Å². The molecule has 1 N–H and O–H groups in total. The van der Waals surface area contributed by atoms with Gasteiger partial charge in [-0.1, -0.05) is 29.8 Å². The molecular formula is C12H13N3S. The zero-order valence-corrected chi connectivity index (χ0v) is 10.1. The molecule has 2 rings (SSSR count). The van der Waals surface area contributed by atoms with Crippen LogP contribution in [0, 0.1) is 13.8 Å². The number of hydrazone groups is 1. The fourth-order valence-electron chi connectivity index (χ4n) is 1.22. The maximum atomic E-state index is 4.25. The third kappa shape index (κ3) is 2.90. The first-order valence-electron chi connectivity index (χ1n) is 5.02. The van der Waals surface area contributed by atoms with Crippen molar-refractivity contribution in [2.24, 2.45) is 5.10 Å². The summed E-state index contributed by atoms with van der Waals surface area (Å²) in [5.74, 6) is 0. The van der Waals surface area contributed by atoms with E-state index in [0.717, 1.165) is 16.4 Å². The van der Waals surface area contributed by atoms with E-state index in [9.17, 15) is 0 Å². The normalized spacial score (nSPS) is 10.9. The number of hydrogen-bond donors (Lipinski definition) is 1. The number of rotatable bonds is 3. The van der Waals surface area contributed by atoms with E-state index in [4.69, 9.17) is 0 Å². The van der Waals surface area contributed by atoms with E-state index in [1.54, 1.807) is 17.6 Å². The molecule has 0 aliphatic carbocycles. The van der Waals surface area contributed by atoms with E-state index in [2.05, 4.69) is 34.6 Å². The Bertz CT molecular complexity index is 485. The maximum absolute atomic E-state index is 4.25. The third-order valence-electron chi connectivity index (χ3n) is 2.07. The zero-order valence-electron chi connectivity index (χ0n) is 9.27. The zero-order chi connectivity index (χ0) is 11.4. The largest absolute Gasteiger partial charge is 0.253 e. The van der Waals surface area contributed by atoms with Gasteiger partial charge in [0.1, 0.15) is 0 Å². The Kier molecular flexibility index (Phi) is 3.31. The van der Waals surface area contributed by atoms with Crippen molar-refractivity contribution in [1.82, 2.24) is 4.98 Å². The second-order valence-corrected chi connectivity index (χ2v) is 4.43. The highest BCUT2D eigenvalue weighted by atomic mass is 32.1. The van der Waals surface area contributed by atoms with Crippen LogP contribution >= 0.6 is 11.3 Å². The Hall–Kier alpha value is -1.68. The molecule has 16 heavy (non-hydrogen) atoms. The number of anilines is 1. The molecule has 0 fully saturated rings. The van der Waals surface area contributed by atoms with Crippen LogP contribution in [-0.4, -0.2) is 11.2 Å². The summed E-state index contributed by atoms with van der Waals surface area (Å²) in [5.41, 5.74) is 6.24.